The quantitative estimate of drug-likeness (QED) is 0.831. The first-order valence-electron chi connectivity index (χ1n) is 7.15. The Balaban J connectivity index is 2.34. The average Bonchev–Trinajstić information content (AvgIpc) is 2.75. The number of rotatable bonds is 6. The first-order valence-corrected chi connectivity index (χ1v) is 7.53. The molecule has 1 N–H and O–H groups in total. The number of hydrogen-bond acceptors (Lipinski definition) is 2. The number of halogens is 1. The summed E-state index contributed by atoms with van der Waals surface area (Å²) in [4.78, 5) is 12.5. The van der Waals surface area contributed by atoms with E-state index in [1.54, 1.807) is 7.11 Å². The molecule has 1 amide bonds. The number of nitrogens with one attached hydrogen (secondary N) is 1. The van der Waals surface area contributed by atoms with Gasteiger partial charge in [-0.3, -0.25) is 4.79 Å². The summed E-state index contributed by atoms with van der Waals surface area (Å²) in [5.41, 5.74) is 2.73. The highest BCUT2D eigenvalue weighted by Crippen LogP contribution is 2.28. The molecule has 0 aliphatic heterocycles. The third-order valence-corrected chi connectivity index (χ3v) is 3.86. The van der Waals surface area contributed by atoms with Crippen LogP contribution < -0.4 is 5.32 Å². The van der Waals surface area contributed by atoms with Crippen molar-refractivity contribution in [2.24, 2.45) is 0 Å². The molecule has 0 aliphatic carbocycles. The monoisotopic (exact) mass is 308 g/mol. The molecule has 0 saturated carbocycles. The molecule has 21 heavy (non-hydrogen) atoms. The summed E-state index contributed by atoms with van der Waals surface area (Å²) >= 11 is 6.07. The molecule has 0 spiro atoms. The third kappa shape index (κ3) is 3.22. The van der Waals surface area contributed by atoms with Crippen LogP contribution in [0.25, 0.3) is 10.9 Å². The second kappa shape index (κ2) is 6.96. The maximum atomic E-state index is 12.5. The highest BCUT2D eigenvalue weighted by Gasteiger charge is 2.19. The van der Waals surface area contributed by atoms with Gasteiger partial charge in [0.05, 0.1) is 0 Å². The van der Waals surface area contributed by atoms with Crippen LogP contribution >= 0.6 is 11.6 Å². The van der Waals surface area contributed by atoms with Crippen molar-refractivity contribution >= 4 is 28.4 Å². The average molecular weight is 309 g/mol. The van der Waals surface area contributed by atoms with Gasteiger partial charge in [-0.05, 0) is 44.0 Å². The number of aryl methyl sites for hydroxylation is 2. The number of ether oxygens (including phenoxy) is 1. The Kier molecular flexibility index (Phi) is 5.26. The molecule has 114 valence electrons. The summed E-state index contributed by atoms with van der Waals surface area (Å²) < 4.78 is 7.02. The summed E-state index contributed by atoms with van der Waals surface area (Å²) in [5.74, 6) is -0.0437. The number of nitrogens with zero attached hydrogens (tertiary/aromatic N) is 1. The molecule has 1 aromatic carbocycles. The van der Waals surface area contributed by atoms with E-state index in [-0.39, 0.29) is 5.91 Å². The maximum Gasteiger partial charge on any atom is 0.268 e. The maximum absolute atomic E-state index is 12.5. The van der Waals surface area contributed by atoms with Crippen molar-refractivity contribution in [3.63, 3.8) is 0 Å². The molecule has 0 atom stereocenters. The fourth-order valence-electron chi connectivity index (χ4n) is 2.62. The van der Waals surface area contributed by atoms with E-state index < -0.39 is 0 Å². The predicted molar refractivity (Wildman–Crippen MR) is 86.2 cm³/mol. The molecule has 4 nitrogen and oxygen atoms in total. The topological polar surface area (TPSA) is 43.3 Å². The Hall–Kier alpha value is -1.52. The standard InChI is InChI=1S/C16H21ClN2O2/c1-4-19-14-7-6-12(17)10-13(14)11(2)15(19)16(20)18-8-5-9-21-3/h6-7,10H,4-5,8-9H2,1-3H3,(H,18,20). The Labute approximate surface area is 130 Å². The number of methoxy groups -OCH3 is 1. The molecule has 1 heterocycles. The second-order valence-electron chi connectivity index (χ2n) is 4.98. The van der Waals surface area contributed by atoms with E-state index in [0.29, 0.717) is 23.9 Å². The first kappa shape index (κ1) is 15.9. The summed E-state index contributed by atoms with van der Waals surface area (Å²) in [7, 11) is 1.66. The van der Waals surface area contributed by atoms with Crippen LogP contribution in [0.5, 0.6) is 0 Å². The molecule has 0 saturated heterocycles. The zero-order chi connectivity index (χ0) is 15.4. The van der Waals surface area contributed by atoms with Gasteiger partial charge in [-0.25, -0.2) is 0 Å². The van der Waals surface area contributed by atoms with Crippen LogP contribution in [0.1, 0.15) is 29.4 Å². The summed E-state index contributed by atoms with van der Waals surface area (Å²) in [6.07, 6.45) is 0.805. The lowest BCUT2D eigenvalue weighted by Gasteiger charge is -2.09. The molecule has 0 unspecified atom stereocenters. The molecule has 0 radical (unpaired) electrons. The molecular weight excluding hydrogens is 288 g/mol. The number of fused-ring (bicyclic) bond motifs is 1. The van der Waals surface area contributed by atoms with Crippen molar-refractivity contribution in [1.82, 2.24) is 9.88 Å². The molecule has 5 heteroatoms. The lowest BCUT2D eigenvalue weighted by atomic mass is 10.1. The fourth-order valence-corrected chi connectivity index (χ4v) is 2.79. The number of aromatic nitrogens is 1. The molecule has 2 rings (SSSR count). The van der Waals surface area contributed by atoms with E-state index >= 15 is 0 Å². The van der Waals surface area contributed by atoms with Gasteiger partial charge >= 0.3 is 0 Å². The van der Waals surface area contributed by atoms with Gasteiger partial charge < -0.3 is 14.6 Å². The minimum absolute atomic E-state index is 0.0437. The molecule has 0 fully saturated rings. The van der Waals surface area contributed by atoms with Crippen LogP contribution in [0.2, 0.25) is 5.02 Å². The van der Waals surface area contributed by atoms with Gasteiger partial charge in [-0.15, -0.1) is 0 Å². The van der Waals surface area contributed by atoms with Gasteiger partial charge in [0, 0.05) is 42.7 Å². The first-order chi connectivity index (χ1) is 10.1. The van der Waals surface area contributed by atoms with Crippen molar-refractivity contribution in [2.75, 3.05) is 20.3 Å². The normalized spacial score (nSPS) is 11.0. The number of carbonyl (C=O) groups excluding carboxylic acids is 1. The number of carbonyl (C=O) groups is 1. The third-order valence-electron chi connectivity index (χ3n) is 3.62. The molecule has 2 aromatic rings. The smallest absolute Gasteiger partial charge is 0.268 e. The Morgan fingerprint density at radius 2 is 2.19 bits per heavy atom. The van der Waals surface area contributed by atoms with Gasteiger partial charge in [0.1, 0.15) is 5.69 Å². The van der Waals surface area contributed by atoms with Crippen LogP contribution in [0.15, 0.2) is 18.2 Å². The molecule has 0 bridgehead atoms. The van der Waals surface area contributed by atoms with Crippen LogP contribution in [0.3, 0.4) is 0 Å². The fraction of sp³-hybridized carbons (Fsp3) is 0.438. The molecule has 0 aliphatic rings. The van der Waals surface area contributed by atoms with Crippen LogP contribution in [-0.4, -0.2) is 30.7 Å². The minimum atomic E-state index is -0.0437. The Morgan fingerprint density at radius 1 is 1.43 bits per heavy atom. The predicted octanol–water partition coefficient (Wildman–Crippen LogP) is 3.39. The van der Waals surface area contributed by atoms with Crippen molar-refractivity contribution in [1.29, 1.82) is 0 Å². The van der Waals surface area contributed by atoms with Crippen LogP contribution in [0.4, 0.5) is 0 Å². The lowest BCUT2D eigenvalue weighted by Crippen LogP contribution is -2.28. The van der Waals surface area contributed by atoms with Gasteiger partial charge in [0.15, 0.2) is 0 Å². The van der Waals surface area contributed by atoms with Crippen molar-refractivity contribution < 1.29 is 9.53 Å². The van der Waals surface area contributed by atoms with Crippen molar-refractivity contribution in [3.8, 4) is 0 Å². The summed E-state index contributed by atoms with van der Waals surface area (Å²) in [6.45, 7) is 6.00. The molecular formula is C16H21ClN2O2. The number of amides is 1. The summed E-state index contributed by atoms with van der Waals surface area (Å²) in [5, 5.41) is 4.67. The lowest BCUT2D eigenvalue weighted by molar-refractivity contribution is 0.0939. The van der Waals surface area contributed by atoms with E-state index in [2.05, 4.69) is 5.32 Å². The highest BCUT2D eigenvalue weighted by atomic mass is 35.5. The van der Waals surface area contributed by atoms with Crippen LogP contribution in [0, 0.1) is 6.92 Å². The van der Waals surface area contributed by atoms with E-state index in [0.717, 1.165) is 29.4 Å². The van der Waals surface area contributed by atoms with Crippen molar-refractivity contribution in [2.45, 2.75) is 26.8 Å². The van der Waals surface area contributed by atoms with E-state index in [4.69, 9.17) is 16.3 Å². The summed E-state index contributed by atoms with van der Waals surface area (Å²) in [6, 6.07) is 5.74. The van der Waals surface area contributed by atoms with Gasteiger partial charge in [0.2, 0.25) is 0 Å². The van der Waals surface area contributed by atoms with Gasteiger partial charge in [-0.2, -0.15) is 0 Å². The molecule has 1 aromatic heterocycles. The van der Waals surface area contributed by atoms with E-state index in [1.165, 1.54) is 0 Å². The highest BCUT2D eigenvalue weighted by molar-refractivity contribution is 6.31. The largest absolute Gasteiger partial charge is 0.385 e. The number of benzene rings is 1. The minimum Gasteiger partial charge on any atom is -0.385 e. The SMILES string of the molecule is CCn1c(C(=O)NCCCOC)c(C)c2cc(Cl)ccc21. The van der Waals surface area contributed by atoms with E-state index in [9.17, 15) is 4.79 Å². The van der Waals surface area contributed by atoms with Crippen molar-refractivity contribution in [3.05, 3.63) is 34.5 Å². The van der Waals surface area contributed by atoms with Gasteiger partial charge in [0.25, 0.3) is 5.91 Å². The van der Waals surface area contributed by atoms with E-state index in [1.807, 2.05) is 36.6 Å². The van der Waals surface area contributed by atoms with Crippen LogP contribution in [-0.2, 0) is 11.3 Å². The zero-order valence-electron chi connectivity index (χ0n) is 12.7. The zero-order valence-corrected chi connectivity index (χ0v) is 13.5. The Bertz CT molecular complexity index is 649. The number of hydrogen-bond donors (Lipinski definition) is 1. The van der Waals surface area contributed by atoms with Gasteiger partial charge in [-0.1, -0.05) is 11.6 Å². The second-order valence-corrected chi connectivity index (χ2v) is 5.42. The Morgan fingerprint density at radius 3 is 2.86 bits per heavy atom.